The van der Waals surface area contributed by atoms with Gasteiger partial charge in [0.25, 0.3) is 0 Å². The fourth-order valence-corrected chi connectivity index (χ4v) is 3.60. The Balaban J connectivity index is 1.46. The molecule has 0 unspecified atom stereocenters. The lowest BCUT2D eigenvalue weighted by molar-refractivity contribution is -0.123. The van der Waals surface area contributed by atoms with Crippen molar-refractivity contribution in [1.82, 2.24) is 20.4 Å². The second-order valence-electron chi connectivity index (χ2n) is 6.21. The Hall–Kier alpha value is -1.70. The number of hydrogen-bond donors (Lipinski definition) is 2. The molecule has 2 aromatic heterocycles. The van der Waals surface area contributed by atoms with Crippen molar-refractivity contribution < 1.29 is 9.53 Å². The predicted molar refractivity (Wildman–Crippen MR) is 93.6 cm³/mol. The van der Waals surface area contributed by atoms with E-state index in [1.165, 1.54) is 0 Å². The summed E-state index contributed by atoms with van der Waals surface area (Å²) in [5, 5.41) is 12.6. The first-order chi connectivity index (χ1) is 11.6. The summed E-state index contributed by atoms with van der Waals surface area (Å²) >= 11 is 1.65. The summed E-state index contributed by atoms with van der Waals surface area (Å²) < 4.78 is 7.66. The van der Waals surface area contributed by atoms with E-state index in [1.807, 2.05) is 43.9 Å². The van der Waals surface area contributed by atoms with Crippen molar-refractivity contribution in [3.8, 4) is 0 Å². The molecule has 130 valence electrons. The summed E-state index contributed by atoms with van der Waals surface area (Å²) in [5.74, 6) is 0.391. The lowest BCUT2D eigenvalue weighted by Crippen LogP contribution is -2.43. The number of carbonyl (C=O) groups excluding carboxylic acids is 1. The predicted octanol–water partition coefficient (Wildman–Crippen LogP) is 1.85. The van der Waals surface area contributed by atoms with Crippen LogP contribution in [0.4, 0.5) is 0 Å². The van der Waals surface area contributed by atoms with Crippen LogP contribution in [0.15, 0.2) is 29.9 Å². The molecule has 2 N–H and O–H groups in total. The third-order valence-electron chi connectivity index (χ3n) is 4.36. The highest BCUT2D eigenvalue weighted by molar-refractivity contribution is 7.09. The lowest BCUT2D eigenvalue weighted by Gasteiger charge is -2.20. The maximum absolute atomic E-state index is 12.2. The Morgan fingerprint density at radius 3 is 3.17 bits per heavy atom. The zero-order valence-electron chi connectivity index (χ0n) is 14.1. The molecule has 1 amide bonds. The molecule has 0 bridgehead atoms. The summed E-state index contributed by atoms with van der Waals surface area (Å²) in [5.41, 5.74) is 1.11. The van der Waals surface area contributed by atoms with E-state index in [2.05, 4.69) is 15.7 Å². The summed E-state index contributed by atoms with van der Waals surface area (Å²) in [6.07, 6.45) is 4.92. The smallest absolute Gasteiger partial charge is 0.237 e. The fourth-order valence-electron chi connectivity index (χ4n) is 2.96. The SMILES string of the molecule is C[C@H](NC[C@@H]1CCO[C@@H]1c1cnn(C)c1)C(=O)NCc1cccs1. The zero-order valence-corrected chi connectivity index (χ0v) is 14.9. The third kappa shape index (κ3) is 4.23. The summed E-state index contributed by atoms with van der Waals surface area (Å²) in [7, 11) is 1.91. The molecular weight excluding hydrogens is 324 g/mol. The van der Waals surface area contributed by atoms with Crippen molar-refractivity contribution in [2.24, 2.45) is 13.0 Å². The highest BCUT2D eigenvalue weighted by Gasteiger charge is 2.31. The van der Waals surface area contributed by atoms with Crippen LogP contribution >= 0.6 is 11.3 Å². The van der Waals surface area contributed by atoms with Crippen molar-refractivity contribution in [2.75, 3.05) is 13.2 Å². The van der Waals surface area contributed by atoms with Gasteiger partial charge in [0.1, 0.15) is 0 Å². The van der Waals surface area contributed by atoms with Crippen LogP contribution in [-0.4, -0.2) is 34.9 Å². The van der Waals surface area contributed by atoms with Crippen LogP contribution in [-0.2, 0) is 23.1 Å². The Morgan fingerprint density at radius 1 is 1.58 bits per heavy atom. The molecule has 6 nitrogen and oxygen atoms in total. The monoisotopic (exact) mass is 348 g/mol. The number of ether oxygens (including phenoxy) is 1. The standard InChI is InChI=1S/C17H24N4O2S/c1-12(17(22)19-10-15-4-3-7-24-15)18-8-13-5-6-23-16(13)14-9-20-21(2)11-14/h3-4,7,9,11-13,16,18H,5-6,8,10H2,1-2H3,(H,19,22)/t12-,13-,16-/m0/s1. The molecule has 0 spiro atoms. The molecule has 0 aliphatic carbocycles. The number of hydrogen-bond acceptors (Lipinski definition) is 5. The lowest BCUT2D eigenvalue weighted by atomic mass is 9.97. The number of aryl methyl sites for hydroxylation is 1. The average Bonchev–Trinajstić information content (AvgIpc) is 3.31. The quantitative estimate of drug-likeness (QED) is 0.801. The number of amides is 1. The Labute approximate surface area is 146 Å². The first-order valence-corrected chi connectivity index (χ1v) is 9.15. The van der Waals surface area contributed by atoms with Gasteiger partial charge < -0.3 is 15.4 Å². The van der Waals surface area contributed by atoms with E-state index in [0.717, 1.165) is 30.0 Å². The Morgan fingerprint density at radius 2 is 2.46 bits per heavy atom. The molecule has 0 aromatic carbocycles. The Kier molecular flexibility index (Phi) is 5.65. The van der Waals surface area contributed by atoms with Crippen LogP contribution in [0.3, 0.4) is 0 Å². The number of nitrogens with one attached hydrogen (secondary N) is 2. The number of thiophene rings is 1. The molecule has 3 heterocycles. The minimum absolute atomic E-state index is 0.0280. The molecule has 1 saturated heterocycles. The van der Waals surface area contributed by atoms with E-state index in [-0.39, 0.29) is 18.1 Å². The molecular formula is C17H24N4O2S. The highest BCUT2D eigenvalue weighted by Crippen LogP contribution is 2.33. The van der Waals surface area contributed by atoms with Gasteiger partial charge in [-0.2, -0.15) is 5.10 Å². The number of aromatic nitrogens is 2. The Bertz CT molecular complexity index is 655. The van der Waals surface area contributed by atoms with E-state index in [0.29, 0.717) is 12.5 Å². The van der Waals surface area contributed by atoms with Crippen molar-refractivity contribution >= 4 is 17.2 Å². The van der Waals surface area contributed by atoms with Gasteiger partial charge >= 0.3 is 0 Å². The van der Waals surface area contributed by atoms with E-state index < -0.39 is 0 Å². The molecule has 3 atom stereocenters. The molecule has 2 aromatic rings. The second-order valence-corrected chi connectivity index (χ2v) is 7.25. The van der Waals surface area contributed by atoms with Crippen molar-refractivity contribution in [3.05, 3.63) is 40.3 Å². The summed E-state index contributed by atoms with van der Waals surface area (Å²) in [6, 6.07) is 3.80. The van der Waals surface area contributed by atoms with Gasteiger partial charge in [-0.05, 0) is 24.8 Å². The van der Waals surface area contributed by atoms with Crippen LogP contribution in [0.5, 0.6) is 0 Å². The number of nitrogens with zero attached hydrogens (tertiary/aromatic N) is 2. The van der Waals surface area contributed by atoms with Crippen molar-refractivity contribution in [3.63, 3.8) is 0 Å². The summed E-state index contributed by atoms with van der Waals surface area (Å²) in [4.78, 5) is 13.3. The molecule has 24 heavy (non-hydrogen) atoms. The van der Waals surface area contributed by atoms with Gasteiger partial charge in [-0.1, -0.05) is 6.07 Å². The topological polar surface area (TPSA) is 68.2 Å². The first kappa shape index (κ1) is 17.1. The van der Waals surface area contributed by atoms with Gasteiger partial charge in [0.05, 0.1) is 24.9 Å². The van der Waals surface area contributed by atoms with Gasteiger partial charge in [0.15, 0.2) is 0 Å². The van der Waals surface area contributed by atoms with Crippen LogP contribution < -0.4 is 10.6 Å². The number of carbonyl (C=O) groups is 1. The van der Waals surface area contributed by atoms with E-state index in [9.17, 15) is 4.79 Å². The normalized spacial score (nSPS) is 21.8. The van der Waals surface area contributed by atoms with Crippen molar-refractivity contribution in [2.45, 2.75) is 32.0 Å². The van der Waals surface area contributed by atoms with Gasteiger partial charge in [-0.25, -0.2) is 0 Å². The molecule has 7 heteroatoms. The number of rotatable bonds is 7. The molecule has 1 aliphatic heterocycles. The van der Waals surface area contributed by atoms with E-state index in [1.54, 1.807) is 16.0 Å². The average molecular weight is 348 g/mol. The minimum Gasteiger partial charge on any atom is -0.373 e. The minimum atomic E-state index is -0.222. The first-order valence-electron chi connectivity index (χ1n) is 8.27. The van der Waals surface area contributed by atoms with Crippen LogP contribution in [0.1, 0.15) is 29.9 Å². The highest BCUT2D eigenvalue weighted by atomic mass is 32.1. The van der Waals surface area contributed by atoms with Gasteiger partial charge in [-0.3, -0.25) is 9.48 Å². The maximum atomic E-state index is 12.2. The largest absolute Gasteiger partial charge is 0.373 e. The van der Waals surface area contributed by atoms with E-state index in [4.69, 9.17) is 4.74 Å². The van der Waals surface area contributed by atoms with E-state index >= 15 is 0 Å². The van der Waals surface area contributed by atoms with Crippen LogP contribution in [0.25, 0.3) is 0 Å². The summed E-state index contributed by atoms with van der Waals surface area (Å²) in [6.45, 7) is 4.00. The molecule has 1 fully saturated rings. The molecule has 0 radical (unpaired) electrons. The van der Waals surface area contributed by atoms with Crippen LogP contribution in [0, 0.1) is 5.92 Å². The maximum Gasteiger partial charge on any atom is 0.237 e. The molecule has 1 aliphatic rings. The van der Waals surface area contributed by atoms with Gasteiger partial charge in [-0.15, -0.1) is 11.3 Å². The van der Waals surface area contributed by atoms with Gasteiger partial charge in [0, 0.05) is 42.8 Å². The van der Waals surface area contributed by atoms with Gasteiger partial charge in [0.2, 0.25) is 5.91 Å². The third-order valence-corrected chi connectivity index (χ3v) is 5.24. The fraction of sp³-hybridized carbons (Fsp3) is 0.529. The molecule has 0 saturated carbocycles. The second kappa shape index (κ2) is 7.92. The zero-order chi connectivity index (χ0) is 16.9. The molecule has 3 rings (SSSR count). The van der Waals surface area contributed by atoms with Crippen molar-refractivity contribution in [1.29, 1.82) is 0 Å². The van der Waals surface area contributed by atoms with Crippen LogP contribution in [0.2, 0.25) is 0 Å².